The largest absolute Gasteiger partial charge is 0.379 e. The molecule has 0 bridgehead atoms. The molecule has 1 aromatic rings. The summed E-state index contributed by atoms with van der Waals surface area (Å²) in [5, 5.41) is 7.83. The van der Waals surface area contributed by atoms with E-state index in [2.05, 4.69) is 45.3 Å². The first-order valence-corrected chi connectivity index (χ1v) is 11.2. The molecule has 2 aliphatic rings. The van der Waals surface area contributed by atoms with E-state index in [9.17, 15) is 0 Å². The van der Waals surface area contributed by atoms with E-state index in [0.29, 0.717) is 0 Å². The molecule has 8 heteroatoms. The Hall–Kier alpha value is -1.38. The smallest absolute Gasteiger partial charge is 0.191 e. The Balaban J connectivity index is 1.61. The van der Waals surface area contributed by atoms with Crippen molar-refractivity contribution in [2.24, 2.45) is 4.99 Å². The predicted octanol–water partition coefficient (Wildman–Crippen LogP) is 1.99. The van der Waals surface area contributed by atoms with Gasteiger partial charge in [-0.15, -0.1) is 0 Å². The van der Waals surface area contributed by atoms with Gasteiger partial charge in [-0.3, -0.25) is 14.8 Å². The Bertz CT molecular complexity index is 688. The lowest BCUT2D eigenvalue weighted by atomic mass is 10.0. The van der Waals surface area contributed by atoms with Crippen LogP contribution >= 0.6 is 11.6 Å². The molecule has 0 radical (unpaired) electrons. The summed E-state index contributed by atoms with van der Waals surface area (Å²) in [5.41, 5.74) is 1.16. The Morgan fingerprint density at radius 1 is 1.07 bits per heavy atom. The molecule has 2 saturated heterocycles. The second-order valence-corrected chi connectivity index (χ2v) is 8.81. The second kappa shape index (κ2) is 11.3. The molecule has 3 rings (SSSR count). The standard InChI is InChI=1S/C22H36ClN5O2/c1-22(2,28-10-14-30-15-11-28)17-26-21(24-3)25-16-20(27-8-12-29-13-9-27)18-6-4-5-7-19(18)23/h4-7,20H,8-17H2,1-3H3,(H2,24,25,26). The average molecular weight is 438 g/mol. The maximum Gasteiger partial charge on any atom is 0.191 e. The second-order valence-electron chi connectivity index (χ2n) is 8.40. The lowest BCUT2D eigenvalue weighted by Gasteiger charge is -2.41. The minimum Gasteiger partial charge on any atom is -0.379 e. The fourth-order valence-corrected chi connectivity index (χ4v) is 4.33. The van der Waals surface area contributed by atoms with E-state index < -0.39 is 0 Å². The molecular formula is C22H36ClN5O2. The number of benzene rings is 1. The van der Waals surface area contributed by atoms with Crippen LogP contribution in [0.25, 0.3) is 0 Å². The SMILES string of the molecule is CN=C(NCC(c1ccccc1Cl)N1CCOCC1)NCC(C)(C)N1CCOCC1. The minimum atomic E-state index is 0.0216. The number of hydrogen-bond donors (Lipinski definition) is 2. The molecule has 168 valence electrons. The number of nitrogens with one attached hydrogen (secondary N) is 2. The zero-order chi connectivity index (χ0) is 21.4. The first kappa shape index (κ1) is 23.3. The van der Waals surface area contributed by atoms with E-state index in [-0.39, 0.29) is 11.6 Å². The quantitative estimate of drug-likeness (QED) is 0.502. The highest BCUT2D eigenvalue weighted by molar-refractivity contribution is 6.31. The normalized spacial score (nSPS) is 20.7. The van der Waals surface area contributed by atoms with Crippen molar-refractivity contribution in [2.75, 3.05) is 72.7 Å². The number of ether oxygens (including phenoxy) is 2. The van der Waals surface area contributed by atoms with Crippen molar-refractivity contribution >= 4 is 17.6 Å². The van der Waals surface area contributed by atoms with Crippen LogP contribution < -0.4 is 10.6 Å². The highest BCUT2D eigenvalue weighted by Gasteiger charge is 2.29. The van der Waals surface area contributed by atoms with Gasteiger partial charge in [0.1, 0.15) is 0 Å². The summed E-state index contributed by atoms with van der Waals surface area (Å²) in [6.45, 7) is 12.9. The van der Waals surface area contributed by atoms with Crippen molar-refractivity contribution in [2.45, 2.75) is 25.4 Å². The number of hydrogen-bond acceptors (Lipinski definition) is 5. The lowest BCUT2D eigenvalue weighted by molar-refractivity contribution is -0.00836. The minimum absolute atomic E-state index is 0.0216. The number of aliphatic imine (C=N–C) groups is 1. The molecule has 2 heterocycles. The molecule has 2 aliphatic heterocycles. The van der Waals surface area contributed by atoms with Crippen LogP contribution in [-0.2, 0) is 9.47 Å². The van der Waals surface area contributed by atoms with E-state index >= 15 is 0 Å². The molecule has 0 saturated carbocycles. The first-order chi connectivity index (χ1) is 14.5. The van der Waals surface area contributed by atoms with Gasteiger partial charge in [-0.05, 0) is 25.5 Å². The molecule has 0 aromatic heterocycles. The summed E-state index contributed by atoms with van der Waals surface area (Å²) < 4.78 is 11.0. The maximum atomic E-state index is 6.55. The van der Waals surface area contributed by atoms with E-state index in [0.717, 1.165) is 82.2 Å². The Morgan fingerprint density at radius 3 is 2.33 bits per heavy atom. The zero-order valence-corrected chi connectivity index (χ0v) is 19.2. The average Bonchev–Trinajstić information content (AvgIpc) is 2.78. The van der Waals surface area contributed by atoms with Crippen LogP contribution in [-0.4, -0.2) is 94.0 Å². The third-order valence-corrected chi connectivity index (χ3v) is 6.34. The van der Waals surface area contributed by atoms with Gasteiger partial charge in [0.15, 0.2) is 5.96 Å². The van der Waals surface area contributed by atoms with Crippen molar-refractivity contribution in [3.8, 4) is 0 Å². The number of halogens is 1. The summed E-state index contributed by atoms with van der Waals surface area (Å²) >= 11 is 6.55. The molecule has 7 nitrogen and oxygen atoms in total. The van der Waals surface area contributed by atoms with Crippen LogP contribution in [0, 0.1) is 0 Å². The number of nitrogens with zero attached hydrogens (tertiary/aromatic N) is 3. The topological polar surface area (TPSA) is 61.4 Å². The summed E-state index contributed by atoms with van der Waals surface area (Å²) in [5.74, 6) is 0.807. The Labute approximate surface area is 185 Å². The number of guanidine groups is 1. The van der Waals surface area contributed by atoms with Crippen molar-refractivity contribution in [1.29, 1.82) is 0 Å². The molecular weight excluding hydrogens is 402 g/mol. The summed E-state index contributed by atoms with van der Waals surface area (Å²) in [6.07, 6.45) is 0. The summed E-state index contributed by atoms with van der Waals surface area (Å²) in [7, 11) is 1.82. The third kappa shape index (κ3) is 6.31. The van der Waals surface area contributed by atoms with Gasteiger partial charge in [0.25, 0.3) is 0 Å². The Morgan fingerprint density at radius 2 is 1.70 bits per heavy atom. The van der Waals surface area contributed by atoms with Crippen LogP contribution in [0.4, 0.5) is 0 Å². The monoisotopic (exact) mass is 437 g/mol. The number of rotatable bonds is 7. The molecule has 1 unspecified atom stereocenters. The summed E-state index contributed by atoms with van der Waals surface area (Å²) in [6, 6.07) is 8.26. The van der Waals surface area contributed by atoms with Gasteiger partial charge in [0, 0.05) is 56.9 Å². The van der Waals surface area contributed by atoms with Gasteiger partial charge in [0.2, 0.25) is 0 Å². The van der Waals surface area contributed by atoms with Crippen LogP contribution in [0.5, 0.6) is 0 Å². The fourth-order valence-electron chi connectivity index (χ4n) is 4.06. The molecule has 2 N–H and O–H groups in total. The molecule has 1 atom stereocenters. The van der Waals surface area contributed by atoms with Crippen LogP contribution in [0.2, 0.25) is 5.02 Å². The van der Waals surface area contributed by atoms with Gasteiger partial charge >= 0.3 is 0 Å². The molecule has 0 amide bonds. The van der Waals surface area contributed by atoms with Gasteiger partial charge in [-0.25, -0.2) is 0 Å². The van der Waals surface area contributed by atoms with Crippen molar-refractivity contribution in [1.82, 2.24) is 20.4 Å². The van der Waals surface area contributed by atoms with Crippen molar-refractivity contribution in [3.63, 3.8) is 0 Å². The lowest BCUT2D eigenvalue weighted by Crippen LogP contribution is -2.57. The fraction of sp³-hybridized carbons (Fsp3) is 0.682. The maximum absolute atomic E-state index is 6.55. The molecule has 2 fully saturated rings. The highest BCUT2D eigenvalue weighted by Crippen LogP contribution is 2.27. The number of morpholine rings is 2. The van der Waals surface area contributed by atoms with Crippen LogP contribution in [0.1, 0.15) is 25.5 Å². The van der Waals surface area contributed by atoms with Crippen LogP contribution in [0.15, 0.2) is 29.3 Å². The molecule has 0 aliphatic carbocycles. The summed E-state index contributed by atoms with van der Waals surface area (Å²) in [4.78, 5) is 9.35. The van der Waals surface area contributed by atoms with E-state index in [4.69, 9.17) is 21.1 Å². The van der Waals surface area contributed by atoms with Crippen LogP contribution in [0.3, 0.4) is 0 Å². The van der Waals surface area contributed by atoms with E-state index in [1.165, 1.54) is 0 Å². The van der Waals surface area contributed by atoms with E-state index in [1.807, 2.05) is 25.2 Å². The Kier molecular flexibility index (Phi) is 8.77. The zero-order valence-electron chi connectivity index (χ0n) is 18.5. The first-order valence-electron chi connectivity index (χ1n) is 10.8. The van der Waals surface area contributed by atoms with Gasteiger partial charge in [-0.2, -0.15) is 0 Å². The van der Waals surface area contributed by atoms with Gasteiger partial charge in [-0.1, -0.05) is 29.8 Å². The van der Waals surface area contributed by atoms with Crippen molar-refractivity contribution < 1.29 is 9.47 Å². The van der Waals surface area contributed by atoms with Gasteiger partial charge in [0.05, 0.1) is 32.5 Å². The van der Waals surface area contributed by atoms with E-state index in [1.54, 1.807) is 0 Å². The van der Waals surface area contributed by atoms with Crippen molar-refractivity contribution in [3.05, 3.63) is 34.9 Å². The molecule has 0 spiro atoms. The molecule has 30 heavy (non-hydrogen) atoms. The van der Waals surface area contributed by atoms with Gasteiger partial charge < -0.3 is 20.1 Å². The molecule has 1 aromatic carbocycles. The highest BCUT2D eigenvalue weighted by atomic mass is 35.5. The predicted molar refractivity (Wildman–Crippen MR) is 122 cm³/mol. The third-order valence-electron chi connectivity index (χ3n) is 5.99.